The van der Waals surface area contributed by atoms with E-state index in [1.54, 1.807) is 72.8 Å². The fourth-order valence-electron chi connectivity index (χ4n) is 3.96. The van der Waals surface area contributed by atoms with Crippen LogP contribution in [0.4, 0.5) is 0 Å². The van der Waals surface area contributed by atoms with E-state index in [-0.39, 0.29) is 29.9 Å². The zero-order chi connectivity index (χ0) is 24.5. The van der Waals surface area contributed by atoms with Gasteiger partial charge in [0.2, 0.25) is 11.2 Å². The van der Waals surface area contributed by atoms with Gasteiger partial charge in [-0.1, -0.05) is 24.3 Å². The maximum atomic E-state index is 13.2. The molecule has 0 fully saturated rings. The Morgan fingerprint density at radius 3 is 2.14 bits per heavy atom. The molecular weight excluding hydrogens is 450 g/mol. The molecule has 0 spiro atoms. The number of hydrogen-bond acceptors (Lipinski definition) is 7. The van der Waals surface area contributed by atoms with E-state index in [1.165, 1.54) is 7.11 Å². The van der Waals surface area contributed by atoms with Crippen molar-refractivity contribution in [3.05, 3.63) is 94.1 Å². The first-order chi connectivity index (χ1) is 17.0. The number of carbonyl (C=O) groups is 3. The van der Waals surface area contributed by atoms with Gasteiger partial charge < -0.3 is 13.9 Å². The number of carbonyl (C=O) groups excluding carboxylic acids is 3. The van der Waals surface area contributed by atoms with Crippen molar-refractivity contribution < 1.29 is 28.3 Å². The second-order valence-corrected chi connectivity index (χ2v) is 7.85. The van der Waals surface area contributed by atoms with Crippen molar-refractivity contribution in [2.45, 2.75) is 6.42 Å². The number of rotatable bonds is 6. The Morgan fingerprint density at radius 2 is 1.49 bits per heavy atom. The third kappa shape index (κ3) is 3.95. The van der Waals surface area contributed by atoms with Crippen molar-refractivity contribution >= 4 is 28.8 Å². The minimum absolute atomic E-state index is 0.0884. The van der Waals surface area contributed by atoms with Crippen LogP contribution in [0.3, 0.4) is 0 Å². The van der Waals surface area contributed by atoms with Crippen LogP contribution in [0.25, 0.3) is 22.3 Å². The highest BCUT2D eigenvalue weighted by Crippen LogP contribution is 2.32. The summed E-state index contributed by atoms with van der Waals surface area (Å²) < 4.78 is 16.6. The molecule has 3 aromatic carbocycles. The Morgan fingerprint density at radius 1 is 0.857 bits per heavy atom. The van der Waals surface area contributed by atoms with E-state index in [0.29, 0.717) is 28.0 Å². The lowest BCUT2D eigenvalue weighted by Crippen LogP contribution is -2.32. The fraction of sp³-hybridized carbons (Fsp3) is 0.111. The van der Waals surface area contributed by atoms with Crippen LogP contribution in [0.2, 0.25) is 0 Å². The van der Waals surface area contributed by atoms with E-state index < -0.39 is 23.2 Å². The number of benzene rings is 3. The van der Waals surface area contributed by atoms with Crippen molar-refractivity contribution in [2.24, 2.45) is 0 Å². The Balaban J connectivity index is 1.43. The van der Waals surface area contributed by atoms with Crippen LogP contribution in [0.5, 0.6) is 11.5 Å². The average Bonchev–Trinajstić information content (AvgIpc) is 3.14. The number of fused-ring (bicyclic) bond motifs is 2. The number of esters is 1. The highest BCUT2D eigenvalue weighted by molar-refractivity contribution is 6.21. The molecule has 2 heterocycles. The van der Waals surface area contributed by atoms with Crippen LogP contribution in [0.1, 0.15) is 27.1 Å². The molecule has 1 aromatic heterocycles. The molecule has 0 saturated heterocycles. The Bertz CT molecular complexity index is 1500. The standard InChI is InChI=1S/C27H19NO7/c1-33-17-12-10-16(11-13-17)24-25(23(30)20-8-4-5-9-21(20)34-24)35-22(29)14-15-28-26(31)18-6-2-3-7-19(18)27(28)32/h2-13H,14-15H2,1H3. The number of ether oxygens (including phenoxy) is 2. The van der Waals surface area contributed by atoms with Gasteiger partial charge in [0.1, 0.15) is 11.3 Å². The largest absolute Gasteiger partial charge is 0.497 e. The Labute approximate surface area is 199 Å². The molecule has 0 unspecified atom stereocenters. The smallest absolute Gasteiger partial charge is 0.313 e. The summed E-state index contributed by atoms with van der Waals surface area (Å²) in [6.45, 7) is -0.179. The number of imide groups is 1. The zero-order valence-electron chi connectivity index (χ0n) is 18.6. The molecule has 8 heteroatoms. The van der Waals surface area contributed by atoms with Gasteiger partial charge >= 0.3 is 5.97 Å². The summed E-state index contributed by atoms with van der Waals surface area (Å²) in [5.74, 6) is -1.29. The molecule has 0 saturated carbocycles. The third-order valence-corrected chi connectivity index (χ3v) is 5.74. The molecule has 0 radical (unpaired) electrons. The van der Waals surface area contributed by atoms with Crippen LogP contribution in [-0.2, 0) is 4.79 Å². The second kappa shape index (κ2) is 8.90. The first-order valence-corrected chi connectivity index (χ1v) is 10.8. The number of para-hydroxylation sites is 1. The maximum absolute atomic E-state index is 13.2. The van der Waals surface area contributed by atoms with E-state index in [0.717, 1.165) is 4.90 Å². The average molecular weight is 469 g/mol. The van der Waals surface area contributed by atoms with E-state index in [1.807, 2.05) is 0 Å². The predicted molar refractivity (Wildman–Crippen MR) is 127 cm³/mol. The van der Waals surface area contributed by atoms with Gasteiger partial charge in [-0.25, -0.2) is 0 Å². The number of methoxy groups -OCH3 is 1. The summed E-state index contributed by atoms with van der Waals surface area (Å²) in [6.07, 6.45) is -0.292. The molecule has 35 heavy (non-hydrogen) atoms. The van der Waals surface area contributed by atoms with Gasteiger partial charge in [0.15, 0.2) is 5.76 Å². The highest BCUT2D eigenvalue weighted by atomic mass is 16.5. The molecule has 0 bridgehead atoms. The van der Waals surface area contributed by atoms with Gasteiger partial charge in [-0.3, -0.25) is 24.1 Å². The molecule has 0 aliphatic carbocycles. The van der Waals surface area contributed by atoms with Gasteiger partial charge in [-0.2, -0.15) is 0 Å². The van der Waals surface area contributed by atoms with Gasteiger partial charge in [-0.15, -0.1) is 0 Å². The van der Waals surface area contributed by atoms with Gasteiger partial charge in [0.05, 0.1) is 30.0 Å². The predicted octanol–water partition coefficient (Wildman–Crippen LogP) is 4.06. The summed E-state index contributed by atoms with van der Waals surface area (Å²) in [5, 5.41) is 0.257. The molecule has 8 nitrogen and oxygen atoms in total. The summed E-state index contributed by atoms with van der Waals surface area (Å²) >= 11 is 0. The number of nitrogens with zero attached hydrogens (tertiary/aromatic N) is 1. The molecule has 0 N–H and O–H groups in total. The minimum Gasteiger partial charge on any atom is -0.497 e. The third-order valence-electron chi connectivity index (χ3n) is 5.74. The maximum Gasteiger partial charge on any atom is 0.313 e. The lowest BCUT2D eigenvalue weighted by Gasteiger charge is -2.14. The molecule has 174 valence electrons. The molecule has 1 aliphatic rings. The molecule has 4 aromatic rings. The van der Waals surface area contributed by atoms with E-state index in [9.17, 15) is 19.2 Å². The summed E-state index contributed by atoms with van der Waals surface area (Å²) in [4.78, 5) is 52.1. The van der Waals surface area contributed by atoms with Crippen LogP contribution in [-0.4, -0.2) is 36.3 Å². The molecule has 2 amide bonds. The molecule has 0 atom stereocenters. The number of amides is 2. The van der Waals surface area contributed by atoms with Gasteiger partial charge in [-0.05, 0) is 48.5 Å². The molecule has 1 aliphatic heterocycles. The lowest BCUT2D eigenvalue weighted by molar-refractivity contribution is -0.134. The topological polar surface area (TPSA) is 103 Å². The highest BCUT2D eigenvalue weighted by Gasteiger charge is 2.35. The Kier molecular flexibility index (Phi) is 5.62. The van der Waals surface area contributed by atoms with Crippen LogP contribution >= 0.6 is 0 Å². The van der Waals surface area contributed by atoms with Crippen molar-refractivity contribution in [1.29, 1.82) is 0 Å². The van der Waals surface area contributed by atoms with Crippen LogP contribution in [0, 0.1) is 0 Å². The lowest BCUT2D eigenvalue weighted by atomic mass is 10.1. The minimum atomic E-state index is -0.779. The SMILES string of the molecule is COc1ccc(-c2oc3ccccc3c(=O)c2OC(=O)CCN2C(=O)c3ccccc3C2=O)cc1. The van der Waals surface area contributed by atoms with Crippen molar-refractivity contribution in [1.82, 2.24) is 4.90 Å². The van der Waals surface area contributed by atoms with Gasteiger partial charge in [0.25, 0.3) is 11.8 Å². The van der Waals surface area contributed by atoms with Crippen molar-refractivity contribution in [3.8, 4) is 22.8 Å². The van der Waals surface area contributed by atoms with Crippen LogP contribution < -0.4 is 14.9 Å². The summed E-state index contributed by atoms with van der Waals surface area (Å²) in [5.41, 5.74) is 0.934. The first-order valence-electron chi connectivity index (χ1n) is 10.8. The second-order valence-electron chi connectivity index (χ2n) is 7.85. The Hall–Kier alpha value is -4.72. The normalized spacial score (nSPS) is 12.7. The monoisotopic (exact) mass is 469 g/mol. The summed E-state index contributed by atoms with van der Waals surface area (Å²) in [6, 6.07) is 19.9. The van der Waals surface area contributed by atoms with Gasteiger partial charge in [0, 0.05) is 12.1 Å². The van der Waals surface area contributed by atoms with E-state index in [4.69, 9.17) is 13.9 Å². The zero-order valence-corrected chi connectivity index (χ0v) is 18.6. The van der Waals surface area contributed by atoms with E-state index >= 15 is 0 Å². The van der Waals surface area contributed by atoms with Crippen molar-refractivity contribution in [3.63, 3.8) is 0 Å². The molecule has 5 rings (SSSR count). The quantitative estimate of drug-likeness (QED) is 0.310. The van der Waals surface area contributed by atoms with Crippen molar-refractivity contribution in [2.75, 3.05) is 13.7 Å². The fourth-order valence-corrected chi connectivity index (χ4v) is 3.96. The molecular formula is C27H19NO7. The van der Waals surface area contributed by atoms with Crippen LogP contribution in [0.15, 0.2) is 82.0 Å². The van der Waals surface area contributed by atoms with E-state index in [2.05, 4.69) is 0 Å². The number of hydrogen-bond donors (Lipinski definition) is 0. The first kappa shape index (κ1) is 22.1. The summed E-state index contributed by atoms with van der Waals surface area (Å²) in [7, 11) is 1.53.